The largest absolute Gasteiger partial charge is 0.320 e. The van der Waals surface area contributed by atoms with E-state index in [1.165, 1.54) is 18.4 Å². The summed E-state index contributed by atoms with van der Waals surface area (Å²) in [5.41, 5.74) is 1.69. The molecular weight excluding hydrogens is 168 g/mol. The number of rotatable bonds is 6. The molecule has 0 spiro atoms. The third-order valence-corrected chi connectivity index (χ3v) is 3.21. The fourth-order valence-corrected chi connectivity index (χ4v) is 1.71. The summed E-state index contributed by atoms with van der Waals surface area (Å²) in [6.45, 7) is 17.6. The predicted molar refractivity (Wildman–Crippen MR) is 66.1 cm³/mol. The lowest BCUT2D eigenvalue weighted by atomic mass is 9.78. The molecule has 0 heterocycles. The average molecular weight is 195 g/mol. The van der Waals surface area contributed by atoms with Crippen molar-refractivity contribution in [1.29, 1.82) is 0 Å². The molecule has 0 aliphatic rings. The van der Waals surface area contributed by atoms with Crippen molar-refractivity contribution < 1.29 is 0 Å². The molecule has 0 aromatic rings. The first-order valence-electron chi connectivity index (χ1n) is 5.80. The maximum atomic E-state index is 4.01. The SMILES string of the molecule is C=C(C)C(C)CC(C)[CH-]C(C)(C)CC. The third kappa shape index (κ3) is 5.47. The maximum absolute atomic E-state index is 4.01. The fraction of sp³-hybridized carbons (Fsp3) is 0.786. The van der Waals surface area contributed by atoms with Gasteiger partial charge in [0.2, 0.25) is 0 Å². The summed E-state index contributed by atoms with van der Waals surface area (Å²) in [5.74, 6) is 1.34. The van der Waals surface area contributed by atoms with Crippen molar-refractivity contribution in [2.75, 3.05) is 0 Å². The second kappa shape index (κ2) is 5.58. The lowest BCUT2D eigenvalue weighted by Gasteiger charge is -2.39. The second-order valence-corrected chi connectivity index (χ2v) is 5.47. The zero-order valence-corrected chi connectivity index (χ0v) is 10.9. The van der Waals surface area contributed by atoms with Crippen molar-refractivity contribution in [2.45, 2.75) is 54.4 Å². The van der Waals surface area contributed by atoms with Gasteiger partial charge in [0.05, 0.1) is 0 Å². The van der Waals surface area contributed by atoms with Crippen LogP contribution < -0.4 is 0 Å². The molecule has 0 bridgehead atoms. The minimum absolute atomic E-state index is 0.383. The summed E-state index contributed by atoms with van der Waals surface area (Å²) < 4.78 is 0. The van der Waals surface area contributed by atoms with E-state index in [2.05, 4.69) is 54.5 Å². The molecule has 0 amide bonds. The Morgan fingerprint density at radius 2 is 1.86 bits per heavy atom. The van der Waals surface area contributed by atoms with Crippen molar-refractivity contribution in [3.63, 3.8) is 0 Å². The molecule has 0 heteroatoms. The van der Waals surface area contributed by atoms with Gasteiger partial charge in [0.1, 0.15) is 0 Å². The Morgan fingerprint density at radius 3 is 2.21 bits per heavy atom. The van der Waals surface area contributed by atoms with Crippen LogP contribution in [-0.2, 0) is 0 Å². The van der Waals surface area contributed by atoms with Crippen LogP contribution in [0.3, 0.4) is 0 Å². The zero-order chi connectivity index (χ0) is 11.4. The van der Waals surface area contributed by atoms with Crippen molar-refractivity contribution >= 4 is 0 Å². The number of hydrogen-bond donors (Lipinski definition) is 0. The van der Waals surface area contributed by atoms with E-state index in [0.717, 1.165) is 0 Å². The van der Waals surface area contributed by atoms with Crippen molar-refractivity contribution in [3.8, 4) is 0 Å². The van der Waals surface area contributed by atoms with Gasteiger partial charge in [0.25, 0.3) is 0 Å². The van der Waals surface area contributed by atoms with Gasteiger partial charge in [-0.15, -0.1) is 0 Å². The van der Waals surface area contributed by atoms with Crippen LogP contribution in [0.5, 0.6) is 0 Å². The molecule has 0 fully saturated rings. The lowest BCUT2D eigenvalue weighted by Crippen LogP contribution is -2.17. The Balaban J connectivity index is 3.98. The maximum Gasteiger partial charge on any atom is -0.0259 e. The van der Waals surface area contributed by atoms with Crippen LogP contribution in [0.4, 0.5) is 0 Å². The normalized spacial score (nSPS) is 16.4. The Kier molecular flexibility index (Phi) is 5.48. The average Bonchev–Trinajstić information content (AvgIpc) is 2.02. The van der Waals surface area contributed by atoms with Crippen LogP contribution in [0.25, 0.3) is 0 Å². The molecule has 0 saturated heterocycles. The van der Waals surface area contributed by atoms with Crippen LogP contribution in [0.2, 0.25) is 0 Å². The van der Waals surface area contributed by atoms with Gasteiger partial charge in [-0.2, -0.15) is 11.3 Å². The Morgan fingerprint density at radius 1 is 1.36 bits per heavy atom. The van der Waals surface area contributed by atoms with Crippen LogP contribution in [0.1, 0.15) is 54.4 Å². The van der Waals surface area contributed by atoms with Gasteiger partial charge in [0, 0.05) is 0 Å². The van der Waals surface area contributed by atoms with Gasteiger partial charge in [0.15, 0.2) is 0 Å². The molecule has 0 aromatic carbocycles. The molecular formula is C14H27-. The molecule has 0 rings (SSSR count). The molecule has 2 unspecified atom stereocenters. The van der Waals surface area contributed by atoms with Crippen LogP contribution in [0.15, 0.2) is 12.2 Å². The Bertz CT molecular complexity index is 176. The first-order chi connectivity index (χ1) is 6.28. The van der Waals surface area contributed by atoms with Gasteiger partial charge in [-0.25, -0.2) is 0 Å². The molecule has 0 aromatic heterocycles. The Hall–Kier alpha value is -0.260. The highest BCUT2D eigenvalue weighted by atomic mass is 14.3. The van der Waals surface area contributed by atoms with E-state index in [1.54, 1.807) is 0 Å². The molecule has 84 valence electrons. The first-order valence-corrected chi connectivity index (χ1v) is 5.80. The molecule has 0 saturated carbocycles. The van der Waals surface area contributed by atoms with Gasteiger partial charge in [-0.05, 0) is 12.8 Å². The third-order valence-electron chi connectivity index (χ3n) is 3.21. The fourth-order valence-electron chi connectivity index (χ4n) is 1.71. The molecule has 0 radical (unpaired) electrons. The highest BCUT2D eigenvalue weighted by molar-refractivity contribution is 4.97. The van der Waals surface area contributed by atoms with Crippen LogP contribution in [0, 0.1) is 23.7 Å². The molecule has 0 N–H and O–H groups in total. The van der Waals surface area contributed by atoms with E-state index < -0.39 is 0 Å². The second-order valence-electron chi connectivity index (χ2n) is 5.47. The standard InChI is InChI=1S/C14H27/c1-8-14(6,7)10-12(4)9-13(5)11(2)3/h10,12-13H,2,8-9H2,1,3-7H3/q-1. The summed E-state index contributed by atoms with van der Waals surface area (Å²) >= 11 is 0. The lowest BCUT2D eigenvalue weighted by molar-refractivity contribution is 0.348. The summed E-state index contributed by atoms with van der Waals surface area (Å²) in [7, 11) is 0. The highest BCUT2D eigenvalue weighted by Gasteiger charge is 2.10. The number of allylic oxidation sites excluding steroid dienone is 1. The Labute approximate surface area is 90.8 Å². The van der Waals surface area contributed by atoms with E-state index in [9.17, 15) is 0 Å². The molecule has 2 atom stereocenters. The van der Waals surface area contributed by atoms with Gasteiger partial charge >= 0.3 is 0 Å². The zero-order valence-electron chi connectivity index (χ0n) is 10.9. The van der Waals surface area contributed by atoms with Crippen molar-refractivity contribution in [3.05, 3.63) is 18.6 Å². The monoisotopic (exact) mass is 195 g/mol. The van der Waals surface area contributed by atoms with Crippen LogP contribution in [-0.4, -0.2) is 0 Å². The summed E-state index contributed by atoms with van der Waals surface area (Å²) in [6.07, 6.45) is 4.95. The molecule has 0 aliphatic heterocycles. The molecule has 0 nitrogen and oxygen atoms in total. The first kappa shape index (κ1) is 13.7. The van der Waals surface area contributed by atoms with Crippen molar-refractivity contribution in [1.82, 2.24) is 0 Å². The van der Waals surface area contributed by atoms with Crippen molar-refractivity contribution in [2.24, 2.45) is 17.3 Å². The van der Waals surface area contributed by atoms with Gasteiger partial charge in [-0.1, -0.05) is 59.6 Å². The number of hydrogen-bond acceptors (Lipinski definition) is 0. The topological polar surface area (TPSA) is 0 Å². The minimum Gasteiger partial charge on any atom is -0.320 e. The predicted octanol–water partition coefficient (Wildman–Crippen LogP) is 4.87. The quantitative estimate of drug-likeness (QED) is 0.419. The summed E-state index contributed by atoms with van der Waals surface area (Å²) in [6, 6.07) is 0. The summed E-state index contributed by atoms with van der Waals surface area (Å²) in [5, 5.41) is 0. The van der Waals surface area contributed by atoms with E-state index in [4.69, 9.17) is 0 Å². The van der Waals surface area contributed by atoms with E-state index in [0.29, 0.717) is 17.3 Å². The van der Waals surface area contributed by atoms with Gasteiger partial charge in [-0.3, -0.25) is 0 Å². The minimum atomic E-state index is 0.383. The smallest absolute Gasteiger partial charge is 0.0259 e. The van der Waals surface area contributed by atoms with Crippen LogP contribution >= 0.6 is 0 Å². The van der Waals surface area contributed by atoms with E-state index in [-0.39, 0.29) is 0 Å². The summed E-state index contributed by atoms with van der Waals surface area (Å²) in [4.78, 5) is 0. The molecule has 14 heavy (non-hydrogen) atoms. The van der Waals surface area contributed by atoms with Gasteiger partial charge < -0.3 is 6.42 Å². The molecule has 0 aliphatic carbocycles. The van der Waals surface area contributed by atoms with E-state index >= 15 is 0 Å². The van der Waals surface area contributed by atoms with E-state index in [1.807, 2.05) is 0 Å². The highest BCUT2D eigenvalue weighted by Crippen LogP contribution is 2.31.